The number of benzene rings is 1. The number of nitrogens with one attached hydrogen (secondary N) is 3. The van der Waals surface area contributed by atoms with Gasteiger partial charge < -0.3 is 15.4 Å². The highest BCUT2D eigenvalue weighted by Gasteiger charge is 2.15. The minimum Gasteiger partial charge on any atom is -0.376 e. The van der Waals surface area contributed by atoms with Gasteiger partial charge in [0, 0.05) is 33.3 Å². The highest BCUT2D eigenvalue weighted by molar-refractivity contribution is 7.89. The summed E-state index contributed by atoms with van der Waals surface area (Å²) in [4.78, 5) is 4.09. The molecule has 134 valence electrons. The van der Waals surface area contributed by atoms with Gasteiger partial charge in [0.15, 0.2) is 5.96 Å². The first-order valence-electron chi connectivity index (χ1n) is 8.16. The van der Waals surface area contributed by atoms with Crippen LogP contribution in [0.5, 0.6) is 0 Å². The molecule has 1 aliphatic heterocycles. The number of rotatable bonds is 8. The number of nitrogens with zero attached hydrogens (tertiary/aromatic N) is 1. The minimum absolute atomic E-state index is 0.0134. The fraction of sp³-hybridized carbons (Fsp3) is 0.562. The van der Waals surface area contributed by atoms with E-state index >= 15 is 0 Å². The third-order valence-corrected chi connectivity index (χ3v) is 5.07. The van der Waals surface area contributed by atoms with Crippen LogP contribution in [0, 0.1) is 0 Å². The molecule has 3 N–H and O–H groups in total. The lowest BCUT2D eigenvalue weighted by molar-refractivity contribution is 0.114. The summed E-state index contributed by atoms with van der Waals surface area (Å²) in [7, 11) is -1.67. The topological polar surface area (TPSA) is 91.8 Å². The Morgan fingerprint density at radius 2 is 2.08 bits per heavy atom. The van der Waals surface area contributed by atoms with Gasteiger partial charge in [-0.25, -0.2) is 13.1 Å². The maximum atomic E-state index is 12.0. The fourth-order valence-corrected chi connectivity index (χ4v) is 3.30. The van der Waals surface area contributed by atoms with E-state index in [9.17, 15) is 8.42 Å². The zero-order chi connectivity index (χ0) is 17.3. The maximum absolute atomic E-state index is 12.0. The number of sulfonamides is 1. The van der Waals surface area contributed by atoms with Gasteiger partial charge in [-0.3, -0.25) is 4.99 Å². The summed E-state index contributed by atoms with van der Waals surface area (Å²) in [6.45, 7) is 2.08. The highest BCUT2D eigenvalue weighted by Crippen LogP contribution is 2.10. The Morgan fingerprint density at radius 1 is 1.29 bits per heavy atom. The Balaban J connectivity index is 1.66. The molecule has 1 saturated heterocycles. The normalized spacial score (nSPS) is 18.5. The van der Waals surface area contributed by atoms with Gasteiger partial charge in [0.2, 0.25) is 10.0 Å². The number of aliphatic imine (C=N–C) groups is 1. The van der Waals surface area contributed by atoms with E-state index in [4.69, 9.17) is 4.74 Å². The molecule has 0 bridgehead atoms. The smallest absolute Gasteiger partial charge is 0.213 e. The van der Waals surface area contributed by atoms with E-state index in [0.29, 0.717) is 19.0 Å². The molecule has 0 aliphatic carbocycles. The lowest BCUT2D eigenvalue weighted by atomic mass is 10.2. The largest absolute Gasteiger partial charge is 0.376 e. The molecule has 1 fully saturated rings. The molecule has 7 nitrogen and oxygen atoms in total. The summed E-state index contributed by atoms with van der Waals surface area (Å²) in [5.74, 6) is 0.573. The van der Waals surface area contributed by atoms with Gasteiger partial charge in [-0.15, -0.1) is 0 Å². The molecule has 1 heterocycles. The van der Waals surface area contributed by atoms with E-state index in [1.165, 1.54) is 0 Å². The van der Waals surface area contributed by atoms with E-state index < -0.39 is 10.0 Å². The summed E-state index contributed by atoms with van der Waals surface area (Å²) >= 11 is 0. The summed E-state index contributed by atoms with van der Waals surface area (Å²) in [6, 6.07) is 9.44. The first-order valence-corrected chi connectivity index (χ1v) is 9.81. The van der Waals surface area contributed by atoms with Crippen molar-refractivity contribution >= 4 is 16.0 Å². The molecule has 0 spiro atoms. The van der Waals surface area contributed by atoms with E-state index in [1.54, 1.807) is 7.05 Å². The molecular formula is C16H26N4O3S. The second-order valence-corrected chi connectivity index (χ2v) is 7.57. The van der Waals surface area contributed by atoms with Crippen LogP contribution in [-0.4, -0.2) is 53.0 Å². The average Bonchev–Trinajstić information content (AvgIpc) is 3.10. The Labute approximate surface area is 143 Å². The van der Waals surface area contributed by atoms with Gasteiger partial charge in [-0.2, -0.15) is 0 Å². The second-order valence-electron chi connectivity index (χ2n) is 5.64. The first kappa shape index (κ1) is 18.7. The van der Waals surface area contributed by atoms with Crippen LogP contribution in [0.2, 0.25) is 0 Å². The van der Waals surface area contributed by atoms with Gasteiger partial charge >= 0.3 is 0 Å². The molecule has 1 aromatic carbocycles. The van der Waals surface area contributed by atoms with Crippen LogP contribution in [0.3, 0.4) is 0 Å². The van der Waals surface area contributed by atoms with Crippen molar-refractivity contribution in [2.45, 2.75) is 25.5 Å². The first-order chi connectivity index (χ1) is 11.6. The van der Waals surface area contributed by atoms with Crippen LogP contribution in [0.1, 0.15) is 18.4 Å². The molecule has 1 aliphatic rings. The van der Waals surface area contributed by atoms with E-state index in [1.807, 2.05) is 30.3 Å². The van der Waals surface area contributed by atoms with Crippen molar-refractivity contribution in [1.82, 2.24) is 15.4 Å². The van der Waals surface area contributed by atoms with Crippen LogP contribution in [0.15, 0.2) is 35.3 Å². The molecular weight excluding hydrogens is 328 g/mol. The monoisotopic (exact) mass is 354 g/mol. The van der Waals surface area contributed by atoms with Crippen LogP contribution in [0.25, 0.3) is 0 Å². The summed E-state index contributed by atoms with van der Waals surface area (Å²) in [5.41, 5.74) is 0.933. The molecule has 0 aromatic heterocycles. The van der Waals surface area contributed by atoms with Crippen molar-refractivity contribution in [3.8, 4) is 0 Å². The summed E-state index contributed by atoms with van der Waals surface area (Å²) in [6.07, 6.45) is 2.34. The van der Waals surface area contributed by atoms with Crippen molar-refractivity contribution in [1.29, 1.82) is 0 Å². The molecule has 8 heteroatoms. The van der Waals surface area contributed by atoms with Crippen LogP contribution in [-0.2, 0) is 21.3 Å². The van der Waals surface area contributed by atoms with Crippen molar-refractivity contribution in [3.63, 3.8) is 0 Å². The Bertz CT molecular complexity index is 613. The van der Waals surface area contributed by atoms with Crippen molar-refractivity contribution in [2.24, 2.45) is 4.99 Å². The minimum atomic E-state index is -3.33. The third kappa shape index (κ3) is 6.86. The number of guanidine groups is 1. The van der Waals surface area contributed by atoms with Gasteiger partial charge in [-0.1, -0.05) is 30.3 Å². The Kier molecular flexibility index (Phi) is 7.48. The average molecular weight is 354 g/mol. The highest BCUT2D eigenvalue weighted by atomic mass is 32.2. The predicted molar refractivity (Wildman–Crippen MR) is 95.4 cm³/mol. The van der Waals surface area contributed by atoms with Crippen molar-refractivity contribution < 1.29 is 13.2 Å². The van der Waals surface area contributed by atoms with Gasteiger partial charge in [-0.05, 0) is 18.4 Å². The summed E-state index contributed by atoms with van der Waals surface area (Å²) in [5, 5.41) is 6.17. The van der Waals surface area contributed by atoms with Crippen molar-refractivity contribution in [2.75, 3.05) is 32.5 Å². The molecule has 0 radical (unpaired) electrons. The number of hydrogen-bond acceptors (Lipinski definition) is 4. The third-order valence-electron chi connectivity index (χ3n) is 3.75. The fourth-order valence-electron chi connectivity index (χ4n) is 2.40. The lowest BCUT2D eigenvalue weighted by Gasteiger charge is -2.15. The Morgan fingerprint density at radius 3 is 2.75 bits per heavy atom. The molecule has 1 aromatic rings. The Hall–Kier alpha value is -1.64. The van der Waals surface area contributed by atoms with E-state index in [-0.39, 0.29) is 18.4 Å². The quantitative estimate of drug-likeness (QED) is 0.466. The van der Waals surface area contributed by atoms with E-state index in [2.05, 4.69) is 20.3 Å². The molecule has 0 amide bonds. The standard InChI is InChI=1S/C16H26N4O3S/c1-17-16(19-13-15-8-5-10-23-15)18-9-11-24(21,22)20-12-14-6-3-2-4-7-14/h2-4,6-7,15,20H,5,8-13H2,1H3,(H2,17,18,19). The van der Waals surface area contributed by atoms with E-state index in [0.717, 1.165) is 25.0 Å². The molecule has 0 saturated carbocycles. The zero-order valence-corrected chi connectivity index (χ0v) is 14.8. The van der Waals surface area contributed by atoms with Crippen LogP contribution >= 0.6 is 0 Å². The van der Waals surface area contributed by atoms with Gasteiger partial charge in [0.1, 0.15) is 0 Å². The molecule has 2 rings (SSSR count). The lowest BCUT2D eigenvalue weighted by Crippen LogP contribution is -2.43. The van der Waals surface area contributed by atoms with Crippen molar-refractivity contribution in [3.05, 3.63) is 35.9 Å². The van der Waals surface area contributed by atoms with Gasteiger partial charge in [0.25, 0.3) is 0 Å². The molecule has 24 heavy (non-hydrogen) atoms. The van der Waals surface area contributed by atoms with Crippen LogP contribution < -0.4 is 15.4 Å². The van der Waals surface area contributed by atoms with Gasteiger partial charge in [0.05, 0.1) is 11.9 Å². The van der Waals surface area contributed by atoms with Crippen LogP contribution in [0.4, 0.5) is 0 Å². The predicted octanol–water partition coefficient (Wildman–Crippen LogP) is 0.450. The second kappa shape index (κ2) is 9.61. The zero-order valence-electron chi connectivity index (χ0n) is 14.0. The molecule has 1 atom stereocenters. The SMILES string of the molecule is CN=C(NCCS(=O)(=O)NCc1ccccc1)NCC1CCCO1. The maximum Gasteiger partial charge on any atom is 0.213 e. The number of hydrogen-bond donors (Lipinski definition) is 3. The number of ether oxygens (including phenoxy) is 1. The summed E-state index contributed by atoms with van der Waals surface area (Å²) < 4.78 is 32.1. The molecule has 1 unspecified atom stereocenters.